The number of anilines is 1. The molecule has 7 nitrogen and oxygen atoms in total. The van der Waals surface area contributed by atoms with E-state index in [0.717, 1.165) is 6.42 Å². The Morgan fingerprint density at radius 2 is 2.04 bits per heavy atom. The van der Waals surface area contributed by atoms with Gasteiger partial charge in [-0.2, -0.15) is 0 Å². The van der Waals surface area contributed by atoms with Crippen LogP contribution in [-0.4, -0.2) is 26.9 Å². The maximum Gasteiger partial charge on any atom is 0.311 e. The molecule has 0 aromatic heterocycles. The second-order valence-corrected chi connectivity index (χ2v) is 6.07. The van der Waals surface area contributed by atoms with Crippen molar-refractivity contribution in [3.05, 3.63) is 63.7 Å². The van der Waals surface area contributed by atoms with E-state index in [1.54, 1.807) is 23.1 Å². The number of benzene rings is 2. The molecule has 1 aliphatic rings. The van der Waals surface area contributed by atoms with Gasteiger partial charge in [-0.3, -0.25) is 14.9 Å². The van der Waals surface area contributed by atoms with Crippen molar-refractivity contribution in [2.45, 2.75) is 32.5 Å². The predicted octanol–water partition coefficient (Wildman–Crippen LogP) is 3.67. The number of phenols is 1. The van der Waals surface area contributed by atoms with Crippen LogP contribution in [0.1, 0.15) is 42.4 Å². The number of nitro groups is 1. The molecule has 0 saturated heterocycles. The van der Waals surface area contributed by atoms with Crippen LogP contribution in [0.3, 0.4) is 0 Å². The number of aromatic hydroxyl groups is 1. The molecule has 0 saturated carbocycles. The van der Waals surface area contributed by atoms with Gasteiger partial charge in [-0.25, -0.2) is 0 Å². The number of fused-ring (bicyclic) bond motifs is 1. The Morgan fingerprint density at radius 3 is 2.72 bits per heavy atom. The van der Waals surface area contributed by atoms with E-state index >= 15 is 0 Å². The number of nitrogens with zero attached hydrogens (tertiary/aromatic N) is 2. The first-order valence-electron chi connectivity index (χ1n) is 8.09. The first-order chi connectivity index (χ1) is 11.9. The van der Waals surface area contributed by atoms with Crippen molar-refractivity contribution in [2.75, 3.05) is 5.32 Å². The summed E-state index contributed by atoms with van der Waals surface area (Å²) in [5.41, 5.74) is 1.43. The summed E-state index contributed by atoms with van der Waals surface area (Å²) >= 11 is 0. The molecule has 1 heterocycles. The second kappa shape index (κ2) is 6.43. The first-order valence-corrected chi connectivity index (χ1v) is 8.09. The molecule has 0 bridgehead atoms. The highest BCUT2D eigenvalue weighted by Crippen LogP contribution is 2.37. The van der Waals surface area contributed by atoms with E-state index in [1.165, 1.54) is 12.1 Å². The van der Waals surface area contributed by atoms with Crippen LogP contribution in [0.4, 0.5) is 11.4 Å². The van der Waals surface area contributed by atoms with Gasteiger partial charge in [0.05, 0.1) is 10.5 Å². The van der Waals surface area contributed by atoms with E-state index < -0.39 is 16.8 Å². The standard InChI is InChI=1S/C18H19N3O4/c1-3-11(2)20-17(12-8-9-16(22)15(10-12)21(24)25)19-14-7-5-4-6-13(14)18(20)23/h4-11,17,19,22H,3H2,1-2H3/t11-,17-/m1/s1. The van der Waals surface area contributed by atoms with Crippen molar-refractivity contribution in [1.29, 1.82) is 0 Å². The lowest BCUT2D eigenvalue weighted by atomic mass is 10.0. The van der Waals surface area contributed by atoms with Crippen LogP contribution in [-0.2, 0) is 0 Å². The predicted molar refractivity (Wildman–Crippen MR) is 93.5 cm³/mol. The summed E-state index contributed by atoms with van der Waals surface area (Å²) < 4.78 is 0. The highest BCUT2D eigenvalue weighted by atomic mass is 16.6. The number of carbonyl (C=O) groups excluding carboxylic acids is 1. The largest absolute Gasteiger partial charge is 0.502 e. The van der Waals surface area contributed by atoms with Crippen molar-refractivity contribution < 1.29 is 14.8 Å². The summed E-state index contributed by atoms with van der Waals surface area (Å²) in [5.74, 6) is -0.518. The van der Waals surface area contributed by atoms with E-state index in [0.29, 0.717) is 16.8 Å². The molecular formula is C18H19N3O4. The van der Waals surface area contributed by atoms with Gasteiger partial charge in [0.2, 0.25) is 0 Å². The van der Waals surface area contributed by atoms with E-state index in [2.05, 4.69) is 5.32 Å². The normalized spacial score (nSPS) is 17.6. The van der Waals surface area contributed by atoms with Crippen LogP contribution in [0.5, 0.6) is 5.75 Å². The Labute approximate surface area is 145 Å². The smallest absolute Gasteiger partial charge is 0.311 e. The molecule has 0 spiro atoms. The van der Waals surface area contributed by atoms with Crippen LogP contribution in [0.25, 0.3) is 0 Å². The van der Waals surface area contributed by atoms with Crippen molar-refractivity contribution in [3.8, 4) is 5.75 Å². The minimum absolute atomic E-state index is 0.0637. The minimum atomic E-state index is -0.634. The average molecular weight is 341 g/mol. The lowest BCUT2D eigenvalue weighted by Gasteiger charge is -2.41. The molecule has 2 aromatic rings. The molecule has 2 aromatic carbocycles. The number of amides is 1. The van der Waals surface area contributed by atoms with Crippen LogP contribution < -0.4 is 5.32 Å². The number of nitrogens with one attached hydrogen (secondary N) is 1. The summed E-state index contributed by atoms with van der Waals surface area (Å²) in [5, 5.41) is 24.1. The first kappa shape index (κ1) is 16.8. The number of nitro benzene ring substituents is 1. The van der Waals surface area contributed by atoms with Crippen molar-refractivity contribution in [3.63, 3.8) is 0 Å². The number of hydrogen-bond acceptors (Lipinski definition) is 5. The lowest BCUT2D eigenvalue weighted by Crippen LogP contribution is -2.47. The maximum atomic E-state index is 13.0. The molecule has 0 unspecified atom stereocenters. The summed E-state index contributed by atoms with van der Waals surface area (Å²) in [7, 11) is 0. The van der Waals surface area contributed by atoms with Gasteiger partial charge in [0, 0.05) is 23.4 Å². The second-order valence-electron chi connectivity index (χ2n) is 6.07. The van der Waals surface area contributed by atoms with Crippen LogP contribution in [0, 0.1) is 10.1 Å². The Kier molecular flexibility index (Phi) is 4.31. The van der Waals surface area contributed by atoms with Crippen LogP contribution >= 0.6 is 0 Å². The molecule has 0 fully saturated rings. The Balaban J connectivity index is 2.11. The Bertz CT molecular complexity index is 837. The third kappa shape index (κ3) is 2.88. The van der Waals surface area contributed by atoms with Gasteiger partial charge in [0.1, 0.15) is 6.17 Å². The summed E-state index contributed by atoms with van der Waals surface area (Å²) in [6.07, 6.45) is 0.198. The van der Waals surface area contributed by atoms with Crippen molar-refractivity contribution in [2.24, 2.45) is 0 Å². The van der Waals surface area contributed by atoms with Gasteiger partial charge in [0.15, 0.2) is 5.75 Å². The number of carbonyl (C=O) groups is 1. The van der Waals surface area contributed by atoms with Gasteiger partial charge < -0.3 is 15.3 Å². The molecule has 2 atom stereocenters. The van der Waals surface area contributed by atoms with Crippen LogP contribution in [0.2, 0.25) is 0 Å². The number of para-hydroxylation sites is 1. The average Bonchev–Trinajstić information content (AvgIpc) is 2.61. The fourth-order valence-corrected chi connectivity index (χ4v) is 3.02. The lowest BCUT2D eigenvalue weighted by molar-refractivity contribution is -0.386. The van der Waals surface area contributed by atoms with E-state index in [-0.39, 0.29) is 17.6 Å². The maximum absolute atomic E-state index is 13.0. The zero-order valence-electron chi connectivity index (χ0n) is 14.0. The SMILES string of the molecule is CC[C@@H](C)N1C(=O)c2ccccc2N[C@H]1c1ccc(O)c([N+](=O)[O-])c1. The highest BCUT2D eigenvalue weighted by molar-refractivity contribution is 6.01. The van der Waals surface area contributed by atoms with Gasteiger partial charge in [-0.1, -0.05) is 25.1 Å². The number of hydrogen-bond donors (Lipinski definition) is 2. The highest BCUT2D eigenvalue weighted by Gasteiger charge is 2.36. The zero-order valence-corrected chi connectivity index (χ0v) is 14.0. The van der Waals surface area contributed by atoms with Crippen LogP contribution in [0.15, 0.2) is 42.5 Å². The molecule has 0 radical (unpaired) electrons. The summed E-state index contributed by atoms with van der Waals surface area (Å²) in [6.45, 7) is 3.92. The molecule has 130 valence electrons. The molecule has 2 N–H and O–H groups in total. The summed E-state index contributed by atoms with van der Waals surface area (Å²) in [4.78, 5) is 25.2. The number of phenolic OH excluding ortho intramolecular Hbond substituents is 1. The van der Waals surface area contributed by atoms with Gasteiger partial charge in [0.25, 0.3) is 5.91 Å². The van der Waals surface area contributed by atoms with E-state index in [9.17, 15) is 20.0 Å². The fraction of sp³-hybridized carbons (Fsp3) is 0.278. The molecule has 25 heavy (non-hydrogen) atoms. The topological polar surface area (TPSA) is 95.7 Å². The van der Waals surface area contributed by atoms with Gasteiger partial charge in [-0.05, 0) is 31.5 Å². The third-order valence-corrected chi connectivity index (χ3v) is 4.54. The van der Waals surface area contributed by atoms with Gasteiger partial charge >= 0.3 is 5.69 Å². The third-order valence-electron chi connectivity index (χ3n) is 4.54. The molecular weight excluding hydrogens is 322 g/mol. The molecule has 3 rings (SSSR count). The van der Waals surface area contributed by atoms with E-state index in [4.69, 9.17) is 0 Å². The quantitative estimate of drug-likeness (QED) is 0.653. The molecule has 7 heteroatoms. The molecule has 0 aliphatic carbocycles. The number of rotatable bonds is 4. The monoisotopic (exact) mass is 341 g/mol. The van der Waals surface area contributed by atoms with E-state index in [1.807, 2.05) is 26.0 Å². The molecule has 1 aliphatic heterocycles. The fourth-order valence-electron chi connectivity index (χ4n) is 3.02. The minimum Gasteiger partial charge on any atom is -0.502 e. The Morgan fingerprint density at radius 1 is 1.32 bits per heavy atom. The van der Waals surface area contributed by atoms with Crippen molar-refractivity contribution in [1.82, 2.24) is 4.90 Å². The summed E-state index contributed by atoms with van der Waals surface area (Å²) in [6, 6.07) is 11.3. The van der Waals surface area contributed by atoms with Crippen molar-refractivity contribution >= 4 is 17.3 Å². The Hall–Kier alpha value is -3.09. The van der Waals surface area contributed by atoms with Gasteiger partial charge in [-0.15, -0.1) is 0 Å². The molecule has 1 amide bonds. The zero-order chi connectivity index (χ0) is 18.1.